The van der Waals surface area contributed by atoms with Gasteiger partial charge < -0.3 is 4.90 Å². The molecule has 2 heteroatoms. The van der Waals surface area contributed by atoms with Crippen LogP contribution in [0.4, 0.5) is 0 Å². The van der Waals surface area contributed by atoms with Crippen molar-refractivity contribution in [3.8, 4) is 0 Å². The Kier molecular flexibility index (Phi) is 3.45. The van der Waals surface area contributed by atoms with Gasteiger partial charge in [-0.15, -0.1) is 0 Å². The average molecular weight is 238 g/mol. The minimum Gasteiger partial charge on any atom is -0.300 e. The molecular weight excluding hydrogens is 208 g/mol. The summed E-state index contributed by atoms with van der Waals surface area (Å²) in [4.78, 5) is 5.63. The molecule has 3 rings (SSSR count). The Hall–Kier alpha value is -0.0800. The van der Waals surface area contributed by atoms with E-state index in [0.29, 0.717) is 0 Å². The first-order chi connectivity index (χ1) is 8.33. The Labute approximate surface area is 108 Å². The lowest BCUT2D eigenvalue weighted by atomic mass is 9.72. The van der Waals surface area contributed by atoms with Crippen LogP contribution in [0, 0.1) is 11.8 Å². The summed E-state index contributed by atoms with van der Waals surface area (Å²) >= 11 is 0. The van der Waals surface area contributed by atoms with Gasteiger partial charge in [0.25, 0.3) is 0 Å². The SMILES string of the molecule is CC[C@@H]1C2CC(CN1CC)C1CCCCN1C2.[HH]. The summed E-state index contributed by atoms with van der Waals surface area (Å²) in [5.41, 5.74) is 0. The van der Waals surface area contributed by atoms with E-state index in [2.05, 4.69) is 23.6 Å². The normalized spacial score (nSPS) is 43.4. The Morgan fingerprint density at radius 3 is 2.76 bits per heavy atom. The Bertz CT molecular complexity index is 259. The molecule has 0 saturated carbocycles. The number of rotatable bonds is 2. The zero-order chi connectivity index (χ0) is 11.8. The van der Waals surface area contributed by atoms with Crippen molar-refractivity contribution in [2.45, 2.75) is 58.0 Å². The molecule has 3 unspecified atom stereocenters. The maximum absolute atomic E-state index is 2.85. The second kappa shape index (κ2) is 4.89. The quantitative estimate of drug-likeness (QED) is 0.730. The summed E-state index contributed by atoms with van der Waals surface area (Å²) in [6.07, 6.45) is 7.28. The molecule has 4 atom stereocenters. The van der Waals surface area contributed by atoms with E-state index in [-0.39, 0.29) is 1.43 Å². The van der Waals surface area contributed by atoms with Gasteiger partial charge in [0.1, 0.15) is 0 Å². The minimum absolute atomic E-state index is 0. The van der Waals surface area contributed by atoms with Crippen LogP contribution < -0.4 is 0 Å². The highest BCUT2D eigenvalue weighted by atomic mass is 15.2. The largest absolute Gasteiger partial charge is 0.300 e. The van der Waals surface area contributed by atoms with Crippen molar-refractivity contribution in [3.63, 3.8) is 0 Å². The lowest BCUT2D eigenvalue weighted by molar-refractivity contribution is -0.0603. The van der Waals surface area contributed by atoms with E-state index >= 15 is 0 Å². The van der Waals surface area contributed by atoms with Gasteiger partial charge in [-0.25, -0.2) is 0 Å². The van der Waals surface area contributed by atoms with E-state index in [1.807, 2.05) is 0 Å². The van der Waals surface area contributed by atoms with Crippen LogP contribution in [0.1, 0.15) is 47.4 Å². The molecule has 0 radical (unpaired) electrons. The second-order valence-electron chi connectivity index (χ2n) is 6.38. The topological polar surface area (TPSA) is 6.48 Å². The molecule has 17 heavy (non-hydrogen) atoms. The molecule has 0 aromatic carbocycles. The zero-order valence-corrected chi connectivity index (χ0v) is 11.6. The first kappa shape index (κ1) is 12.0. The van der Waals surface area contributed by atoms with Crippen molar-refractivity contribution in [2.75, 3.05) is 26.2 Å². The molecular formula is C15H30N2. The van der Waals surface area contributed by atoms with Gasteiger partial charge in [-0.1, -0.05) is 20.3 Å². The number of nitrogens with zero attached hydrogens (tertiary/aromatic N) is 2. The minimum atomic E-state index is 0. The Morgan fingerprint density at radius 2 is 2.00 bits per heavy atom. The second-order valence-corrected chi connectivity index (χ2v) is 6.38. The van der Waals surface area contributed by atoms with Gasteiger partial charge in [-0.3, -0.25) is 4.90 Å². The number of fused-ring (bicyclic) bond motifs is 4. The number of hydrogen-bond acceptors (Lipinski definition) is 2. The van der Waals surface area contributed by atoms with Crippen LogP contribution in [0.25, 0.3) is 0 Å². The van der Waals surface area contributed by atoms with Gasteiger partial charge in [-0.05, 0) is 50.6 Å². The van der Waals surface area contributed by atoms with E-state index in [1.54, 1.807) is 0 Å². The predicted molar refractivity (Wildman–Crippen MR) is 74.2 cm³/mol. The Balaban J connectivity index is 0.00000120. The lowest BCUT2D eigenvalue weighted by Crippen LogP contribution is -2.62. The van der Waals surface area contributed by atoms with Crippen LogP contribution in [0.5, 0.6) is 0 Å². The molecule has 0 amide bonds. The molecule has 0 N–H and O–H groups in total. The third kappa shape index (κ3) is 2.04. The molecule has 3 heterocycles. The maximum Gasteiger partial charge on any atom is 0.0136 e. The van der Waals surface area contributed by atoms with E-state index in [9.17, 15) is 0 Å². The summed E-state index contributed by atoms with van der Waals surface area (Å²) in [7, 11) is 0. The highest BCUT2D eigenvalue weighted by molar-refractivity contribution is 4.99. The first-order valence-corrected chi connectivity index (χ1v) is 7.81. The van der Waals surface area contributed by atoms with Gasteiger partial charge in [0.05, 0.1) is 0 Å². The molecule has 3 fully saturated rings. The van der Waals surface area contributed by atoms with Crippen molar-refractivity contribution >= 4 is 0 Å². The van der Waals surface area contributed by atoms with Crippen molar-refractivity contribution in [1.82, 2.24) is 9.80 Å². The van der Waals surface area contributed by atoms with Crippen LogP contribution in [0.3, 0.4) is 0 Å². The fraction of sp³-hybridized carbons (Fsp3) is 1.00. The predicted octanol–water partition coefficient (Wildman–Crippen LogP) is 2.84. The standard InChI is InChI=1S/C15H28N2.H2/c1-3-14-12-9-13(10-16(14)4-2)15-7-5-6-8-17(15)11-12;/h12-15H,3-11H2,1-2H3;1H/t12?,13?,14-,15?;/m1./s1. The van der Waals surface area contributed by atoms with Crippen LogP contribution in [0.15, 0.2) is 0 Å². The van der Waals surface area contributed by atoms with E-state index in [0.717, 1.165) is 23.9 Å². The fourth-order valence-corrected chi connectivity index (χ4v) is 4.86. The van der Waals surface area contributed by atoms with Crippen molar-refractivity contribution in [1.29, 1.82) is 0 Å². The highest BCUT2D eigenvalue weighted by Gasteiger charge is 2.44. The van der Waals surface area contributed by atoms with Gasteiger partial charge in [-0.2, -0.15) is 0 Å². The van der Waals surface area contributed by atoms with Crippen molar-refractivity contribution in [2.24, 2.45) is 11.8 Å². The molecule has 3 aliphatic heterocycles. The molecule has 3 aliphatic rings. The van der Waals surface area contributed by atoms with Crippen LogP contribution in [-0.2, 0) is 0 Å². The molecule has 2 nitrogen and oxygen atoms in total. The number of likely N-dealkylation sites (tertiary alicyclic amines) is 1. The molecule has 100 valence electrons. The summed E-state index contributed by atoms with van der Waals surface area (Å²) in [6.45, 7) is 10.2. The number of piperidine rings is 3. The van der Waals surface area contributed by atoms with E-state index < -0.39 is 0 Å². The van der Waals surface area contributed by atoms with E-state index in [4.69, 9.17) is 0 Å². The average Bonchev–Trinajstić information content (AvgIpc) is 2.38. The Morgan fingerprint density at radius 1 is 1.12 bits per heavy atom. The van der Waals surface area contributed by atoms with Crippen LogP contribution in [-0.4, -0.2) is 48.1 Å². The molecule has 0 aromatic rings. The van der Waals surface area contributed by atoms with Gasteiger partial charge in [0.15, 0.2) is 0 Å². The monoisotopic (exact) mass is 238 g/mol. The third-order valence-corrected chi connectivity index (χ3v) is 5.59. The smallest absolute Gasteiger partial charge is 0.0136 e. The fourth-order valence-electron chi connectivity index (χ4n) is 4.86. The summed E-state index contributed by atoms with van der Waals surface area (Å²) in [5.74, 6) is 1.95. The molecule has 0 aliphatic carbocycles. The first-order valence-electron chi connectivity index (χ1n) is 7.81. The highest BCUT2D eigenvalue weighted by Crippen LogP contribution is 2.40. The van der Waals surface area contributed by atoms with Gasteiger partial charge in [0, 0.05) is 26.6 Å². The summed E-state index contributed by atoms with van der Waals surface area (Å²) in [6, 6.07) is 1.81. The van der Waals surface area contributed by atoms with E-state index in [1.165, 1.54) is 58.3 Å². The van der Waals surface area contributed by atoms with Crippen LogP contribution >= 0.6 is 0 Å². The molecule has 3 saturated heterocycles. The van der Waals surface area contributed by atoms with Crippen molar-refractivity contribution < 1.29 is 1.43 Å². The van der Waals surface area contributed by atoms with Gasteiger partial charge in [0.2, 0.25) is 0 Å². The molecule has 2 bridgehead atoms. The molecule has 0 aromatic heterocycles. The summed E-state index contributed by atoms with van der Waals surface area (Å²) in [5, 5.41) is 0. The number of hydrogen-bond donors (Lipinski definition) is 0. The lowest BCUT2D eigenvalue weighted by Gasteiger charge is -2.55. The van der Waals surface area contributed by atoms with Crippen molar-refractivity contribution in [3.05, 3.63) is 0 Å². The zero-order valence-electron chi connectivity index (χ0n) is 11.6. The third-order valence-electron chi connectivity index (χ3n) is 5.59. The molecule has 0 spiro atoms. The summed E-state index contributed by atoms with van der Waals surface area (Å²) < 4.78 is 0. The van der Waals surface area contributed by atoms with Gasteiger partial charge >= 0.3 is 0 Å². The maximum atomic E-state index is 2.85. The van der Waals surface area contributed by atoms with Crippen LogP contribution in [0.2, 0.25) is 0 Å².